The molecule has 0 aliphatic heterocycles. The molecule has 3 aliphatic carbocycles. The fourth-order valence-corrected chi connectivity index (χ4v) is 6.18. The highest BCUT2D eigenvalue weighted by atomic mass is 16.5. The van der Waals surface area contributed by atoms with Crippen molar-refractivity contribution in [3.8, 4) is 16.9 Å². The topological polar surface area (TPSA) is 213 Å². The van der Waals surface area contributed by atoms with Crippen molar-refractivity contribution in [2.45, 2.75) is 24.9 Å². The predicted octanol–water partition coefficient (Wildman–Crippen LogP) is 2.33. The smallest absolute Gasteiger partial charge is 0.294 e. The van der Waals surface area contributed by atoms with E-state index in [0.29, 0.717) is 22.4 Å². The summed E-state index contributed by atoms with van der Waals surface area (Å²) in [5.74, 6) is -7.37. The molecule has 41 heavy (non-hydrogen) atoms. The number of hydrogen-bond acceptors (Lipinski definition) is 10. The van der Waals surface area contributed by atoms with Crippen molar-refractivity contribution in [1.29, 1.82) is 0 Å². The van der Waals surface area contributed by atoms with Crippen LogP contribution in [0.4, 0.5) is 5.69 Å². The van der Waals surface area contributed by atoms with E-state index in [9.17, 15) is 39.6 Å². The zero-order chi connectivity index (χ0) is 29.2. The summed E-state index contributed by atoms with van der Waals surface area (Å²) >= 11 is 0. The Morgan fingerprint density at radius 3 is 2.56 bits per heavy atom. The highest BCUT2D eigenvalue weighted by molar-refractivity contribution is 6.22. The molecule has 3 atom stereocenters. The van der Waals surface area contributed by atoms with Crippen LogP contribution in [-0.4, -0.2) is 54.6 Å². The number of aliphatic hydroxyl groups is 3. The SMILES string of the molecule is NC(=O)C1=C(O)C2(O)C(=O)C3=C(O)c4c(O)ccc(-c5cccc(NC(=O)c6ccno6)c5)c4CC3CC2CC1=O. The van der Waals surface area contributed by atoms with Gasteiger partial charge in [0.15, 0.2) is 11.4 Å². The fraction of sp³-hybridized carbons (Fsp3) is 0.207. The summed E-state index contributed by atoms with van der Waals surface area (Å²) < 4.78 is 4.89. The lowest BCUT2D eigenvalue weighted by molar-refractivity contribution is -0.147. The number of hydrogen-bond donors (Lipinski definition) is 6. The highest BCUT2D eigenvalue weighted by Crippen LogP contribution is 2.53. The number of aromatic hydroxyl groups is 1. The van der Waals surface area contributed by atoms with Crippen molar-refractivity contribution in [1.82, 2.24) is 5.16 Å². The number of Topliss-reactive ketones (excluding diaryl/α,β-unsaturated/α-hetero) is 2. The first-order valence-corrected chi connectivity index (χ1v) is 12.7. The van der Waals surface area contributed by atoms with E-state index in [2.05, 4.69) is 10.5 Å². The van der Waals surface area contributed by atoms with E-state index in [-0.39, 0.29) is 35.5 Å². The van der Waals surface area contributed by atoms with Crippen LogP contribution in [0.3, 0.4) is 0 Å². The summed E-state index contributed by atoms with van der Waals surface area (Å²) in [5, 5.41) is 50.4. The molecule has 3 aliphatic rings. The van der Waals surface area contributed by atoms with Gasteiger partial charge >= 0.3 is 0 Å². The first-order chi connectivity index (χ1) is 19.5. The molecule has 12 nitrogen and oxygen atoms in total. The number of carbonyl (C=O) groups excluding carboxylic acids is 4. The largest absolute Gasteiger partial charge is 0.508 e. The monoisotopic (exact) mass is 557 g/mol. The molecule has 2 amide bonds. The molecule has 1 heterocycles. The van der Waals surface area contributed by atoms with Crippen LogP contribution in [0, 0.1) is 11.8 Å². The first-order valence-electron chi connectivity index (χ1n) is 12.7. The Morgan fingerprint density at radius 1 is 1.07 bits per heavy atom. The molecule has 6 rings (SSSR count). The zero-order valence-electron chi connectivity index (χ0n) is 21.2. The Bertz CT molecular complexity index is 1740. The zero-order valence-corrected chi connectivity index (χ0v) is 21.2. The van der Waals surface area contributed by atoms with Crippen LogP contribution in [0.5, 0.6) is 5.75 Å². The molecule has 208 valence electrons. The number of ketones is 2. The number of benzene rings is 2. The van der Waals surface area contributed by atoms with Crippen LogP contribution >= 0.6 is 0 Å². The lowest BCUT2D eigenvalue weighted by atomic mass is 9.59. The molecule has 3 aromatic rings. The Kier molecular flexibility index (Phi) is 5.82. The van der Waals surface area contributed by atoms with Crippen LogP contribution in [0.1, 0.15) is 34.5 Å². The number of fused-ring (bicyclic) bond motifs is 3. The van der Waals surface area contributed by atoms with Gasteiger partial charge in [-0.3, -0.25) is 19.2 Å². The third kappa shape index (κ3) is 3.83. The Hall–Kier alpha value is -5.23. The van der Waals surface area contributed by atoms with E-state index in [1.165, 1.54) is 18.3 Å². The molecule has 3 unspecified atom stereocenters. The van der Waals surface area contributed by atoms with Crippen LogP contribution in [0.15, 0.2) is 70.1 Å². The predicted molar refractivity (Wildman–Crippen MR) is 141 cm³/mol. The summed E-state index contributed by atoms with van der Waals surface area (Å²) in [6.07, 6.45) is 1.11. The van der Waals surface area contributed by atoms with E-state index in [1.54, 1.807) is 30.3 Å². The Morgan fingerprint density at radius 2 is 1.85 bits per heavy atom. The maximum atomic E-state index is 13.7. The number of rotatable bonds is 4. The minimum absolute atomic E-state index is 0.0191. The maximum absolute atomic E-state index is 13.7. The van der Waals surface area contributed by atoms with Gasteiger partial charge in [0.1, 0.15) is 22.8 Å². The number of anilines is 1. The van der Waals surface area contributed by atoms with Crippen molar-refractivity contribution < 1.29 is 44.1 Å². The quantitative estimate of drug-likeness (QED) is 0.258. The van der Waals surface area contributed by atoms with E-state index in [4.69, 9.17) is 10.3 Å². The van der Waals surface area contributed by atoms with Crippen molar-refractivity contribution in [2.24, 2.45) is 17.6 Å². The van der Waals surface area contributed by atoms with Crippen molar-refractivity contribution in [3.63, 3.8) is 0 Å². The number of aliphatic hydroxyl groups excluding tert-OH is 2. The standard InChI is InChI=1S/C29H23N3O9/c30-27(38)23-19(34)11-14-8-13-10-17-16(12-2-1-3-15(9-12)32-28(39)20-6-7-31-41-20)4-5-18(33)22(17)24(35)21(13)25(36)29(14,40)26(23)37/h1-7,9,13-14,33,35,37,40H,8,10-11H2,(H2,30,38)(H,32,39). The van der Waals surface area contributed by atoms with Crippen molar-refractivity contribution in [3.05, 3.63) is 82.5 Å². The second kappa shape index (κ2) is 9.17. The average molecular weight is 558 g/mol. The molecule has 1 fully saturated rings. The van der Waals surface area contributed by atoms with Gasteiger partial charge in [0, 0.05) is 29.7 Å². The normalized spacial score (nSPS) is 23.5. The lowest BCUT2D eigenvalue weighted by Gasteiger charge is -2.46. The van der Waals surface area contributed by atoms with Crippen molar-refractivity contribution in [2.75, 3.05) is 5.32 Å². The van der Waals surface area contributed by atoms with Gasteiger partial charge in [-0.2, -0.15) is 0 Å². The Labute approximate surface area is 231 Å². The fourth-order valence-electron chi connectivity index (χ4n) is 6.18. The molecule has 1 saturated carbocycles. The molecule has 0 radical (unpaired) electrons. The first kappa shape index (κ1) is 26.0. The number of amides is 2. The maximum Gasteiger partial charge on any atom is 0.294 e. The second-order valence-corrected chi connectivity index (χ2v) is 10.3. The molecule has 2 aromatic carbocycles. The van der Waals surface area contributed by atoms with Gasteiger partial charge in [0.25, 0.3) is 11.8 Å². The molecular formula is C29H23N3O9. The Balaban J connectivity index is 1.43. The van der Waals surface area contributed by atoms with Crippen LogP contribution in [0.2, 0.25) is 0 Å². The van der Waals surface area contributed by atoms with Gasteiger partial charge < -0.3 is 36.0 Å². The number of carbonyl (C=O) groups is 4. The molecule has 1 aromatic heterocycles. The summed E-state index contributed by atoms with van der Waals surface area (Å²) in [6, 6.07) is 11.2. The number of phenolic OH excluding ortho intramolecular Hbond substituents is 1. The van der Waals surface area contributed by atoms with Crippen molar-refractivity contribution >= 4 is 34.8 Å². The third-order valence-electron chi connectivity index (χ3n) is 8.04. The highest BCUT2D eigenvalue weighted by Gasteiger charge is 2.60. The number of nitrogens with one attached hydrogen (secondary N) is 1. The number of nitrogens with two attached hydrogens (primary N) is 1. The van der Waals surface area contributed by atoms with E-state index in [1.807, 2.05) is 0 Å². The summed E-state index contributed by atoms with van der Waals surface area (Å²) in [4.78, 5) is 50.5. The minimum Gasteiger partial charge on any atom is -0.508 e. The summed E-state index contributed by atoms with van der Waals surface area (Å²) in [6.45, 7) is 0. The summed E-state index contributed by atoms with van der Waals surface area (Å²) in [7, 11) is 0. The molecule has 12 heteroatoms. The van der Waals surface area contributed by atoms with Gasteiger partial charge in [-0.25, -0.2) is 0 Å². The number of nitrogens with zero attached hydrogens (tertiary/aromatic N) is 1. The molecule has 0 bridgehead atoms. The second-order valence-electron chi connectivity index (χ2n) is 10.3. The number of aromatic nitrogens is 1. The van der Waals surface area contributed by atoms with E-state index < -0.39 is 64.3 Å². The molecule has 7 N–H and O–H groups in total. The molecular weight excluding hydrogens is 534 g/mol. The van der Waals surface area contributed by atoms with Crippen LogP contribution < -0.4 is 11.1 Å². The van der Waals surface area contributed by atoms with Crippen LogP contribution in [0.25, 0.3) is 16.9 Å². The van der Waals surface area contributed by atoms with Gasteiger partial charge in [-0.05, 0) is 53.6 Å². The third-order valence-corrected chi connectivity index (χ3v) is 8.04. The van der Waals surface area contributed by atoms with Crippen LogP contribution in [-0.2, 0) is 20.8 Å². The number of phenols is 1. The summed E-state index contributed by atoms with van der Waals surface area (Å²) in [5.41, 5.74) is 3.69. The lowest BCUT2D eigenvalue weighted by Crippen LogP contribution is -2.58. The minimum atomic E-state index is -2.63. The van der Waals surface area contributed by atoms with Gasteiger partial charge in [-0.1, -0.05) is 23.4 Å². The average Bonchev–Trinajstić information content (AvgIpc) is 3.46. The molecule has 0 spiro atoms. The molecule has 0 saturated heterocycles. The van der Waals surface area contributed by atoms with Gasteiger partial charge in [0.05, 0.1) is 11.8 Å². The van der Waals surface area contributed by atoms with Gasteiger partial charge in [0.2, 0.25) is 11.5 Å². The van der Waals surface area contributed by atoms with E-state index in [0.717, 1.165) is 0 Å². The number of primary amides is 1. The van der Waals surface area contributed by atoms with Gasteiger partial charge in [-0.15, -0.1) is 0 Å². The van der Waals surface area contributed by atoms with E-state index >= 15 is 0 Å².